The summed E-state index contributed by atoms with van der Waals surface area (Å²) in [5.41, 5.74) is 1.47. The fraction of sp³-hybridized carbons (Fsp3) is 0.714. The molecule has 1 aliphatic carbocycles. The molecule has 1 saturated carbocycles. The Labute approximate surface area is 112 Å². The van der Waals surface area contributed by atoms with Crippen molar-refractivity contribution in [3.63, 3.8) is 0 Å². The Kier molecular flexibility index (Phi) is 4.12. The number of alkyl halides is 1. The van der Waals surface area contributed by atoms with Crippen molar-refractivity contribution < 1.29 is 0 Å². The van der Waals surface area contributed by atoms with Crippen molar-refractivity contribution in [3.8, 4) is 0 Å². The van der Waals surface area contributed by atoms with E-state index in [1.807, 2.05) is 11.3 Å². The molecule has 16 heavy (non-hydrogen) atoms. The van der Waals surface area contributed by atoms with Crippen LogP contribution in [-0.4, -0.2) is 0 Å². The highest BCUT2D eigenvalue weighted by atomic mass is 79.9. The Morgan fingerprint density at radius 1 is 1.25 bits per heavy atom. The normalized spacial score (nSPS) is 28.0. The lowest BCUT2D eigenvalue weighted by Crippen LogP contribution is -2.16. The third kappa shape index (κ3) is 2.70. The van der Waals surface area contributed by atoms with Gasteiger partial charge in [0.05, 0.1) is 4.83 Å². The monoisotopic (exact) mass is 300 g/mol. The highest BCUT2D eigenvalue weighted by Gasteiger charge is 2.27. The van der Waals surface area contributed by atoms with E-state index in [2.05, 4.69) is 42.8 Å². The summed E-state index contributed by atoms with van der Waals surface area (Å²) in [6.07, 6.45) is 5.62. The zero-order chi connectivity index (χ0) is 11.7. The molecule has 0 nitrogen and oxygen atoms in total. The Morgan fingerprint density at radius 2 is 1.88 bits per heavy atom. The largest absolute Gasteiger partial charge is 0.144 e. The zero-order valence-electron chi connectivity index (χ0n) is 10.4. The van der Waals surface area contributed by atoms with Gasteiger partial charge in [0.2, 0.25) is 0 Å². The maximum absolute atomic E-state index is 3.94. The molecule has 2 rings (SSSR count). The predicted molar refractivity (Wildman–Crippen MR) is 76.6 cm³/mol. The smallest absolute Gasteiger partial charge is 0.0520 e. The number of hydrogen-bond donors (Lipinski definition) is 0. The lowest BCUT2D eigenvalue weighted by atomic mass is 9.81. The second kappa shape index (κ2) is 5.22. The molecule has 1 aliphatic rings. The highest BCUT2D eigenvalue weighted by Crippen LogP contribution is 2.44. The summed E-state index contributed by atoms with van der Waals surface area (Å²) in [6.45, 7) is 6.85. The standard InChI is InChI=1S/C14H21BrS/c1-9-4-6-12(7-5-9)13(15)14-10(2)8-11(3)16-14/h8-9,12-13H,4-7H2,1-3H3. The second-order valence-electron chi connectivity index (χ2n) is 5.33. The molecule has 0 aromatic carbocycles. The Morgan fingerprint density at radius 3 is 2.38 bits per heavy atom. The summed E-state index contributed by atoms with van der Waals surface area (Å²) in [5.74, 6) is 1.80. The van der Waals surface area contributed by atoms with Gasteiger partial charge < -0.3 is 0 Å². The van der Waals surface area contributed by atoms with Crippen molar-refractivity contribution in [2.75, 3.05) is 0 Å². The molecule has 0 bridgehead atoms. The van der Waals surface area contributed by atoms with Crippen LogP contribution < -0.4 is 0 Å². The Bertz CT molecular complexity index is 348. The third-order valence-corrected chi connectivity index (χ3v) is 6.55. The molecule has 1 heterocycles. The van der Waals surface area contributed by atoms with Crippen molar-refractivity contribution in [2.45, 2.75) is 51.3 Å². The van der Waals surface area contributed by atoms with E-state index >= 15 is 0 Å². The van der Waals surface area contributed by atoms with Crippen LogP contribution in [0.2, 0.25) is 0 Å². The zero-order valence-corrected chi connectivity index (χ0v) is 12.8. The van der Waals surface area contributed by atoms with Gasteiger partial charge >= 0.3 is 0 Å². The molecular weight excluding hydrogens is 280 g/mol. The van der Waals surface area contributed by atoms with Crippen LogP contribution in [0.3, 0.4) is 0 Å². The molecule has 1 aromatic rings. The first-order chi connectivity index (χ1) is 7.58. The maximum atomic E-state index is 3.94. The average Bonchev–Trinajstić information content (AvgIpc) is 2.58. The molecule has 0 spiro atoms. The summed E-state index contributed by atoms with van der Waals surface area (Å²) in [6, 6.07) is 2.32. The lowest BCUT2D eigenvalue weighted by molar-refractivity contribution is 0.288. The first-order valence-corrected chi connectivity index (χ1v) is 8.02. The van der Waals surface area contributed by atoms with Gasteiger partial charge in [0.1, 0.15) is 0 Å². The minimum Gasteiger partial charge on any atom is -0.144 e. The third-order valence-electron chi connectivity index (χ3n) is 3.80. The second-order valence-corrected chi connectivity index (χ2v) is 7.60. The Balaban J connectivity index is 2.07. The Hall–Kier alpha value is 0.180. The van der Waals surface area contributed by atoms with Crippen molar-refractivity contribution >= 4 is 27.3 Å². The maximum Gasteiger partial charge on any atom is 0.0520 e. The minimum atomic E-state index is 0.596. The van der Waals surface area contributed by atoms with Crippen molar-refractivity contribution in [3.05, 3.63) is 21.4 Å². The summed E-state index contributed by atoms with van der Waals surface area (Å²) in [5, 5.41) is 0. The molecule has 0 aliphatic heterocycles. The topological polar surface area (TPSA) is 0 Å². The molecule has 0 N–H and O–H groups in total. The van der Waals surface area contributed by atoms with E-state index in [1.165, 1.54) is 36.1 Å². The van der Waals surface area contributed by atoms with E-state index in [0.717, 1.165) is 11.8 Å². The first kappa shape index (κ1) is 12.6. The van der Waals surface area contributed by atoms with Crippen LogP contribution in [-0.2, 0) is 0 Å². The fourth-order valence-electron chi connectivity index (χ4n) is 2.73. The molecule has 1 atom stereocenters. The van der Waals surface area contributed by atoms with E-state index in [4.69, 9.17) is 0 Å². The van der Waals surface area contributed by atoms with E-state index in [-0.39, 0.29) is 0 Å². The fourth-order valence-corrected chi connectivity index (χ4v) is 5.00. The van der Waals surface area contributed by atoms with Gasteiger partial charge in [0, 0.05) is 9.75 Å². The molecule has 90 valence electrons. The van der Waals surface area contributed by atoms with Crippen LogP contribution in [0, 0.1) is 25.7 Å². The van der Waals surface area contributed by atoms with Crippen LogP contribution in [0.15, 0.2) is 6.07 Å². The van der Waals surface area contributed by atoms with Crippen molar-refractivity contribution in [1.82, 2.24) is 0 Å². The number of halogens is 1. The molecule has 0 saturated heterocycles. The minimum absolute atomic E-state index is 0.596. The summed E-state index contributed by atoms with van der Waals surface area (Å²) < 4.78 is 0. The summed E-state index contributed by atoms with van der Waals surface area (Å²) >= 11 is 5.91. The summed E-state index contributed by atoms with van der Waals surface area (Å²) in [4.78, 5) is 3.61. The first-order valence-electron chi connectivity index (χ1n) is 6.29. The number of rotatable bonds is 2. The van der Waals surface area contributed by atoms with Crippen LogP contribution in [0.5, 0.6) is 0 Å². The van der Waals surface area contributed by atoms with Crippen molar-refractivity contribution in [1.29, 1.82) is 0 Å². The SMILES string of the molecule is Cc1cc(C)c(C(Br)C2CCC(C)CC2)s1. The van der Waals surface area contributed by atoms with E-state index in [9.17, 15) is 0 Å². The van der Waals surface area contributed by atoms with E-state index < -0.39 is 0 Å². The van der Waals surface area contributed by atoms with Gasteiger partial charge in [0.15, 0.2) is 0 Å². The van der Waals surface area contributed by atoms with E-state index in [0.29, 0.717) is 4.83 Å². The average molecular weight is 301 g/mol. The molecule has 1 fully saturated rings. The number of thiophene rings is 1. The van der Waals surface area contributed by atoms with Gasteiger partial charge in [-0.1, -0.05) is 35.7 Å². The molecule has 1 aromatic heterocycles. The summed E-state index contributed by atoms with van der Waals surface area (Å²) in [7, 11) is 0. The predicted octanol–water partition coefficient (Wildman–Crippen LogP) is 5.63. The van der Waals surface area contributed by atoms with Gasteiger partial charge in [0.25, 0.3) is 0 Å². The number of aryl methyl sites for hydroxylation is 2. The van der Waals surface area contributed by atoms with Gasteiger partial charge in [-0.2, -0.15) is 0 Å². The lowest BCUT2D eigenvalue weighted by Gasteiger charge is -2.29. The van der Waals surface area contributed by atoms with Crippen LogP contribution in [0.1, 0.15) is 52.8 Å². The van der Waals surface area contributed by atoms with Crippen molar-refractivity contribution in [2.24, 2.45) is 11.8 Å². The van der Waals surface area contributed by atoms with Crippen LogP contribution in [0.25, 0.3) is 0 Å². The van der Waals surface area contributed by atoms with E-state index in [1.54, 1.807) is 4.88 Å². The quantitative estimate of drug-likeness (QED) is 0.621. The van der Waals surface area contributed by atoms with Crippen LogP contribution >= 0.6 is 27.3 Å². The van der Waals surface area contributed by atoms with Gasteiger partial charge in [-0.25, -0.2) is 0 Å². The van der Waals surface area contributed by atoms with Crippen LogP contribution in [0.4, 0.5) is 0 Å². The molecule has 2 heteroatoms. The van der Waals surface area contributed by atoms with Gasteiger partial charge in [-0.15, -0.1) is 11.3 Å². The number of hydrogen-bond acceptors (Lipinski definition) is 1. The molecular formula is C14H21BrS. The molecule has 1 unspecified atom stereocenters. The highest BCUT2D eigenvalue weighted by molar-refractivity contribution is 9.09. The van der Waals surface area contributed by atoms with Gasteiger partial charge in [-0.05, 0) is 50.2 Å². The molecule has 0 radical (unpaired) electrons. The molecule has 0 amide bonds. The van der Waals surface area contributed by atoms with Gasteiger partial charge in [-0.3, -0.25) is 0 Å².